The first-order valence-corrected chi connectivity index (χ1v) is 12.7. The number of pyridine rings is 2. The minimum Gasteiger partial charge on any atom is -0.393 e. The Kier molecular flexibility index (Phi) is 5.45. The molecule has 0 bridgehead atoms. The van der Waals surface area contributed by atoms with Crippen LogP contribution in [0.3, 0.4) is 0 Å². The van der Waals surface area contributed by atoms with Crippen molar-refractivity contribution in [2.24, 2.45) is 0 Å². The van der Waals surface area contributed by atoms with Crippen LogP contribution >= 0.6 is 11.6 Å². The molecule has 9 heteroatoms. The van der Waals surface area contributed by atoms with Gasteiger partial charge in [0, 0.05) is 48.4 Å². The van der Waals surface area contributed by atoms with Gasteiger partial charge in [0.05, 0.1) is 18.0 Å². The van der Waals surface area contributed by atoms with E-state index in [0.29, 0.717) is 18.0 Å². The number of aliphatic hydroxyl groups is 1. The number of nitrogens with one attached hydrogen (secondary N) is 1. The lowest BCUT2D eigenvalue weighted by atomic mass is 9.95. The van der Waals surface area contributed by atoms with Crippen LogP contribution in [0.5, 0.6) is 0 Å². The highest BCUT2D eigenvalue weighted by atomic mass is 35.5. The molecule has 1 saturated heterocycles. The predicted molar refractivity (Wildman–Crippen MR) is 140 cm³/mol. The Morgan fingerprint density at radius 2 is 1.94 bits per heavy atom. The second kappa shape index (κ2) is 8.53. The molecular weight excluding hydrogens is 464 g/mol. The molecule has 1 unspecified atom stereocenters. The number of rotatable bonds is 4. The van der Waals surface area contributed by atoms with E-state index in [-0.39, 0.29) is 17.7 Å². The molecule has 0 amide bonds. The fourth-order valence-electron chi connectivity index (χ4n) is 5.62. The number of nitrogens with zero attached hydrogens (tertiary/aromatic N) is 5. The lowest BCUT2D eigenvalue weighted by Gasteiger charge is -2.32. The molecule has 0 radical (unpaired) electrons. The largest absolute Gasteiger partial charge is 0.393 e. The Bertz CT molecular complexity index is 1500. The van der Waals surface area contributed by atoms with Crippen molar-refractivity contribution in [3.8, 4) is 0 Å². The quantitative estimate of drug-likeness (QED) is 0.414. The number of aliphatic hydroxyl groups excluding tert-OH is 1. The number of benzene rings is 1. The summed E-state index contributed by atoms with van der Waals surface area (Å²) in [7, 11) is 0. The summed E-state index contributed by atoms with van der Waals surface area (Å²) in [6, 6.07) is 7.81. The molecule has 6 rings (SSSR count). The maximum Gasteiger partial charge on any atom is 0.260 e. The molecule has 35 heavy (non-hydrogen) atoms. The summed E-state index contributed by atoms with van der Waals surface area (Å²) in [5.74, 6) is 0.794. The fraction of sp³-hybridized carbons (Fsp3) is 0.423. The van der Waals surface area contributed by atoms with E-state index in [0.717, 1.165) is 77.0 Å². The number of hydrogen-bond acceptors (Lipinski definition) is 6. The Morgan fingerprint density at radius 3 is 2.74 bits per heavy atom. The number of halogens is 1. The minimum atomic E-state index is -0.265. The number of aryl methyl sites for hydroxylation is 3. The van der Waals surface area contributed by atoms with Crippen LogP contribution in [0, 0.1) is 6.92 Å². The van der Waals surface area contributed by atoms with E-state index in [2.05, 4.69) is 33.3 Å². The second-order valence-corrected chi connectivity index (χ2v) is 10.2. The smallest absolute Gasteiger partial charge is 0.260 e. The fourth-order valence-corrected chi connectivity index (χ4v) is 5.77. The molecule has 4 aromatic rings. The van der Waals surface area contributed by atoms with Crippen LogP contribution in [0.4, 0.5) is 11.5 Å². The van der Waals surface area contributed by atoms with Crippen LogP contribution in [0.25, 0.3) is 21.8 Å². The van der Waals surface area contributed by atoms with Gasteiger partial charge in [0.2, 0.25) is 0 Å². The van der Waals surface area contributed by atoms with E-state index in [1.165, 1.54) is 0 Å². The Morgan fingerprint density at radius 1 is 1.14 bits per heavy atom. The van der Waals surface area contributed by atoms with Gasteiger partial charge in [-0.3, -0.25) is 9.36 Å². The number of aromatic nitrogens is 4. The molecule has 182 valence electrons. The van der Waals surface area contributed by atoms with Crippen molar-refractivity contribution in [3.63, 3.8) is 0 Å². The van der Waals surface area contributed by atoms with Gasteiger partial charge < -0.3 is 15.3 Å². The van der Waals surface area contributed by atoms with Gasteiger partial charge in [0.25, 0.3) is 5.56 Å². The van der Waals surface area contributed by atoms with Gasteiger partial charge in [0.1, 0.15) is 10.8 Å². The van der Waals surface area contributed by atoms with Crippen molar-refractivity contribution in [1.82, 2.24) is 19.3 Å². The summed E-state index contributed by atoms with van der Waals surface area (Å²) >= 11 is 6.28. The van der Waals surface area contributed by atoms with E-state index in [9.17, 15) is 9.90 Å². The van der Waals surface area contributed by atoms with Gasteiger partial charge in [0.15, 0.2) is 5.82 Å². The van der Waals surface area contributed by atoms with Crippen molar-refractivity contribution in [1.29, 1.82) is 0 Å². The first kappa shape index (κ1) is 22.4. The van der Waals surface area contributed by atoms with Gasteiger partial charge in [-0.15, -0.1) is 0 Å². The third kappa shape index (κ3) is 3.76. The first-order valence-electron chi connectivity index (χ1n) is 12.3. The average Bonchev–Trinajstić information content (AvgIpc) is 3.28. The Labute approximate surface area is 208 Å². The van der Waals surface area contributed by atoms with E-state index in [4.69, 9.17) is 11.6 Å². The van der Waals surface area contributed by atoms with E-state index in [1.807, 2.05) is 34.5 Å². The molecule has 1 aromatic carbocycles. The van der Waals surface area contributed by atoms with Crippen molar-refractivity contribution in [2.75, 3.05) is 23.3 Å². The summed E-state index contributed by atoms with van der Waals surface area (Å²) in [6.07, 6.45) is 3.96. The predicted octanol–water partition coefficient (Wildman–Crippen LogP) is 4.25. The first-order chi connectivity index (χ1) is 16.9. The third-order valence-corrected chi connectivity index (χ3v) is 7.53. The summed E-state index contributed by atoms with van der Waals surface area (Å²) in [6.45, 7) is 7.15. The minimum absolute atomic E-state index is 0.0480. The van der Waals surface area contributed by atoms with Crippen molar-refractivity contribution in [2.45, 2.75) is 58.3 Å². The topological polar surface area (TPSA) is 88.2 Å². The molecule has 0 spiro atoms. The lowest BCUT2D eigenvalue weighted by Crippen LogP contribution is -2.36. The zero-order chi connectivity index (χ0) is 24.3. The molecule has 3 aromatic heterocycles. The molecule has 0 aliphatic carbocycles. The van der Waals surface area contributed by atoms with E-state index >= 15 is 0 Å². The highest BCUT2D eigenvalue weighted by molar-refractivity contribution is 6.29. The number of piperidine rings is 1. The molecule has 1 fully saturated rings. The molecule has 1 atom stereocenters. The van der Waals surface area contributed by atoms with E-state index in [1.54, 1.807) is 6.07 Å². The van der Waals surface area contributed by atoms with Crippen LogP contribution in [0.1, 0.15) is 43.4 Å². The number of anilines is 2. The summed E-state index contributed by atoms with van der Waals surface area (Å²) in [4.78, 5) is 20.3. The average molecular weight is 493 g/mol. The van der Waals surface area contributed by atoms with Gasteiger partial charge in [-0.2, -0.15) is 5.10 Å². The molecule has 2 aliphatic rings. The highest BCUT2D eigenvalue weighted by Crippen LogP contribution is 2.36. The summed E-state index contributed by atoms with van der Waals surface area (Å²) < 4.78 is 3.83. The van der Waals surface area contributed by atoms with Crippen LogP contribution in [-0.2, 0) is 13.1 Å². The molecule has 5 heterocycles. The van der Waals surface area contributed by atoms with Crippen molar-refractivity contribution < 1.29 is 5.11 Å². The molecular formula is C26H29ClN6O2. The SMILES string of the molecule is Cc1cc(C(C)Nc2ccc(Cl)nc2N2CCC(O)CC2)c2c(c1)c(=O)n1c3c2cnn3CCC1. The standard InChI is InChI=1S/C26H29ClN6O2/c1-15-12-18(23-19(13-15)26(35)32-8-3-9-33-25(32)20(23)14-28-33)16(2)29-21-4-5-22(27)30-24(21)31-10-6-17(34)7-11-31/h4-5,12-14,16-17,29,34H,3,6-11H2,1-2H3. The molecule has 2 aliphatic heterocycles. The van der Waals surface area contributed by atoms with Crippen LogP contribution in [0.15, 0.2) is 35.3 Å². The van der Waals surface area contributed by atoms with Crippen LogP contribution in [-0.4, -0.2) is 43.6 Å². The normalized spacial score (nSPS) is 17.3. The van der Waals surface area contributed by atoms with Gasteiger partial charge >= 0.3 is 0 Å². The second-order valence-electron chi connectivity index (χ2n) is 9.78. The van der Waals surface area contributed by atoms with E-state index < -0.39 is 0 Å². The Hall–Kier alpha value is -3.10. The highest BCUT2D eigenvalue weighted by Gasteiger charge is 2.25. The maximum atomic E-state index is 13.5. The van der Waals surface area contributed by atoms with Gasteiger partial charge in [-0.25, -0.2) is 9.67 Å². The summed E-state index contributed by atoms with van der Waals surface area (Å²) in [5, 5.41) is 21.4. The van der Waals surface area contributed by atoms with Crippen molar-refractivity contribution >= 4 is 44.9 Å². The lowest BCUT2D eigenvalue weighted by molar-refractivity contribution is 0.145. The summed E-state index contributed by atoms with van der Waals surface area (Å²) in [5.41, 5.74) is 3.95. The maximum absolute atomic E-state index is 13.5. The van der Waals surface area contributed by atoms with Gasteiger partial charge in [-0.1, -0.05) is 17.7 Å². The molecule has 0 saturated carbocycles. The monoisotopic (exact) mass is 492 g/mol. The number of hydrogen-bond donors (Lipinski definition) is 2. The molecule has 8 nitrogen and oxygen atoms in total. The third-order valence-electron chi connectivity index (χ3n) is 7.32. The number of fused-ring (bicyclic) bond motifs is 2. The zero-order valence-electron chi connectivity index (χ0n) is 20.0. The Balaban J connectivity index is 1.46. The van der Waals surface area contributed by atoms with Crippen LogP contribution in [0.2, 0.25) is 5.15 Å². The molecule has 2 N–H and O–H groups in total. The zero-order valence-corrected chi connectivity index (χ0v) is 20.7. The van der Waals surface area contributed by atoms with Crippen molar-refractivity contribution in [3.05, 3.63) is 57.1 Å². The van der Waals surface area contributed by atoms with Crippen LogP contribution < -0.4 is 15.8 Å². The van der Waals surface area contributed by atoms with Gasteiger partial charge in [-0.05, 0) is 62.4 Å².